The van der Waals surface area contributed by atoms with E-state index in [2.05, 4.69) is 6.58 Å². The second-order valence-electron chi connectivity index (χ2n) is 19.4. The minimum Gasteiger partial charge on any atom is -0.460 e. The number of ether oxygens (including phenoxy) is 7. The summed E-state index contributed by atoms with van der Waals surface area (Å²) in [6.07, 6.45) is 8.19. The molecule has 0 radical (unpaired) electrons. The van der Waals surface area contributed by atoms with Gasteiger partial charge in [0.25, 0.3) is 0 Å². The largest absolute Gasteiger partial charge is 0.460 e. The predicted molar refractivity (Wildman–Crippen MR) is 235 cm³/mol. The number of esters is 3. The highest BCUT2D eigenvalue weighted by Gasteiger charge is 2.30. The van der Waals surface area contributed by atoms with Crippen molar-refractivity contribution in [3.05, 3.63) is 12.7 Å². The number of carbonyl (C=O) groups excluding carboxylic acids is 4. The van der Waals surface area contributed by atoms with E-state index in [-0.39, 0.29) is 85.8 Å². The first-order valence-corrected chi connectivity index (χ1v) is 21.9. The highest BCUT2D eigenvalue weighted by atomic mass is 35.5. The molecule has 10 atom stereocenters. The maximum atomic E-state index is 11.6. The van der Waals surface area contributed by atoms with Crippen LogP contribution in [0.3, 0.4) is 0 Å². The summed E-state index contributed by atoms with van der Waals surface area (Å²) in [7, 11) is 0. The molecule has 0 bridgehead atoms. The molecular weight excluding hydrogens is 830 g/mol. The van der Waals surface area contributed by atoms with Crippen molar-refractivity contribution in [3.63, 3.8) is 0 Å². The molecule has 4 saturated heterocycles. The summed E-state index contributed by atoms with van der Waals surface area (Å²) in [5.41, 5.74) is 4.29. The summed E-state index contributed by atoms with van der Waals surface area (Å²) in [6, 6.07) is 0.0946. The number of halogens is 1. The van der Waals surface area contributed by atoms with Crippen molar-refractivity contribution in [3.8, 4) is 0 Å². The fourth-order valence-electron chi connectivity index (χ4n) is 6.75. The molecule has 4 fully saturated rings. The van der Waals surface area contributed by atoms with Gasteiger partial charge in [0.15, 0.2) is 0 Å². The van der Waals surface area contributed by atoms with Crippen molar-refractivity contribution in [1.82, 2.24) is 0 Å². The smallest absolute Gasteiger partial charge is 0.306 e. The standard InChI is InChI=1S/C13H24O5.C13H22O3.C12H20O4.C7H15NO3.ClH/c1-13(2,3)18-12(16)6-9-4-5-11(17-8-9)10(15)7-14;1-5-11-7-6-10(9-15-11)8-12(14)16-13(2,3)4;1-12(2,3)16-11(14)6-9-4-5-10(7-13)15-8-9;8-5-1-2-7(11-4-5)6(10)3-9;/h9-11,14-15H,4-8H2,1-3H3;5,10-11H,1,6-9H2,2-4H3;7,9-10H,4-6,8H2,1-3H3;5-7,9-10H,1-4,8H2;1H/t9-,10?,11-;10-,11+;9-,10-;5-,6?,7+;/m0001./s1. The third-order valence-corrected chi connectivity index (χ3v) is 9.84. The van der Waals surface area contributed by atoms with Crippen LogP contribution in [0.25, 0.3) is 0 Å². The number of hydrogen-bond acceptors (Lipinski definition) is 16. The Bertz CT molecular complexity index is 1200. The number of aldehydes is 1. The molecule has 4 heterocycles. The van der Waals surface area contributed by atoms with E-state index >= 15 is 0 Å². The molecule has 0 aromatic carbocycles. The van der Waals surface area contributed by atoms with Crippen LogP contribution in [0.15, 0.2) is 12.7 Å². The molecule has 4 rings (SSSR count). The third-order valence-electron chi connectivity index (χ3n) is 9.84. The van der Waals surface area contributed by atoms with E-state index in [4.69, 9.17) is 54.2 Å². The molecule has 364 valence electrons. The summed E-state index contributed by atoms with van der Waals surface area (Å²) in [6.45, 7) is 21.9. The van der Waals surface area contributed by atoms with Crippen molar-refractivity contribution in [2.24, 2.45) is 23.5 Å². The molecule has 4 aliphatic heterocycles. The SMILES string of the molecule is C=C[C@@H]1CC[C@@H](CC(=O)OC(C)(C)C)CO1.CC(C)(C)OC(=O)C[C@@H]1CC[C@@H](C(O)CO)OC1.CC(C)(C)OC(=O)C[C@@H]1CC[C@@H](C=O)OC1.Cl.N[C@@H]1CC[C@@H](C(O)CO)OC1. The topological polar surface area (TPSA) is 240 Å². The van der Waals surface area contributed by atoms with E-state index in [9.17, 15) is 24.3 Å². The van der Waals surface area contributed by atoms with Crippen LogP contribution in [-0.4, -0.2) is 144 Å². The molecule has 0 aliphatic carbocycles. The van der Waals surface area contributed by atoms with E-state index in [1.54, 1.807) is 0 Å². The predicted octanol–water partition coefficient (Wildman–Crippen LogP) is 4.55. The first kappa shape index (κ1) is 59.8. The van der Waals surface area contributed by atoms with E-state index < -0.39 is 29.0 Å². The van der Waals surface area contributed by atoms with Crippen molar-refractivity contribution in [2.45, 2.75) is 192 Å². The van der Waals surface area contributed by atoms with Crippen LogP contribution in [0.2, 0.25) is 0 Å². The summed E-state index contributed by atoms with van der Waals surface area (Å²) in [5, 5.41) is 36.0. The third kappa shape index (κ3) is 28.5. The Hall–Kier alpha value is -2.25. The molecule has 2 unspecified atom stereocenters. The van der Waals surface area contributed by atoms with Crippen LogP contribution in [-0.2, 0) is 52.3 Å². The first-order valence-electron chi connectivity index (χ1n) is 21.9. The zero-order valence-electron chi connectivity index (χ0n) is 38.9. The summed E-state index contributed by atoms with van der Waals surface area (Å²) >= 11 is 0. The van der Waals surface area contributed by atoms with E-state index in [1.165, 1.54) is 0 Å². The second-order valence-corrected chi connectivity index (χ2v) is 19.4. The Morgan fingerprint density at radius 3 is 1.19 bits per heavy atom. The van der Waals surface area contributed by atoms with Gasteiger partial charge in [0.1, 0.15) is 41.4 Å². The highest BCUT2D eigenvalue weighted by molar-refractivity contribution is 5.85. The maximum absolute atomic E-state index is 11.6. The lowest BCUT2D eigenvalue weighted by Gasteiger charge is -2.31. The number of rotatable bonds is 12. The van der Waals surface area contributed by atoms with Gasteiger partial charge in [0.05, 0.1) is 77.2 Å². The van der Waals surface area contributed by atoms with Crippen LogP contribution in [0.5, 0.6) is 0 Å². The minimum atomic E-state index is -0.826. The van der Waals surface area contributed by atoms with Gasteiger partial charge in [-0.1, -0.05) is 6.08 Å². The Kier molecular flexibility index (Phi) is 29.0. The van der Waals surface area contributed by atoms with Crippen molar-refractivity contribution in [2.75, 3.05) is 39.6 Å². The Labute approximate surface area is 376 Å². The van der Waals surface area contributed by atoms with Gasteiger partial charge in [-0.2, -0.15) is 0 Å². The molecule has 17 heteroatoms. The van der Waals surface area contributed by atoms with Crippen LogP contribution < -0.4 is 5.73 Å². The lowest BCUT2D eigenvalue weighted by atomic mass is 9.93. The van der Waals surface area contributed by atoms with Gasteiger partial charge in [-0.3, -0.25) is 14.4 Å². The van der Waals surface area contributed by atoms with Crippen LogP contribution >= 0.6 is 12.4 Å². The zero-order valence-corrected chi connectivity index (χ0v) is 39.7. The van der Waals surface area contributed by atoms with Gasteiger partial charge in [0.2, 0.25) is 0 Å². The Morgan fingerprint density at radius 2 is 0.935 bits per heavy atom. The molecule has 62 heavy (non-hydrogen) atoms. The fraction of sp³-hybridized carbons (Fsp3) is 0.867. The van der Waals surface area contributed by atoms with Crippen molar-refractivity contribution >= 4 is 36.6 Å². The minimum absolute atomic E-state index is 0. The molecule has 16 nitrogen and oxygen atoms in total. The van der Waals surface area contributed by atoms with Crippen LogP contribution in [0.4, 0.5) is 0 Å². The van der Waals surface area contributed by atoms with Crippen LogP contribution in [0, 0.1) is 17.8 Å². The van der Waals surface area contributed by atoms with Gasteiger partial charge < -0.3 is 64.1 Å². The molecule has 6 N–H and O–H groups in total. The first-order chi connectivity index (χ1) is 28.4. The lowest BCUT2D eigenvalue weighted by molar-refractivity contribution is -0.159. The van der Waals surface area contributed by atoms with E-state index in [1.807, 2.05) is 68.4 Å². The quantitative estimate of drug-likeness (QED) is 0.0781. The van der Waals surface area contributed by atoms with E-state index in [0.29, 0.717) is 64.4 Å². The molecule has 4 aliphatic rings. The Balaban J connectivity index is 0.000000805. The number of aliphatic hydroxyl groups excluding tert-OH is 4. The monoisotopic (exact) mass is 912 g/mol. The molecular formula is C45H82ClNO15. The zero-order chi connectivity index (χ0) is 46.4. The number of nitrogens with two attached hydrogens (primary N) is 1. The molecule has 0 aromatic rings. The van der Waals surface area contributed by atoms with Gasteiger partial charge in [0, 0.05) is 6.04 Å². The lowest BCUT2D eigenvalue weighted by Crippen LogP contribution is -2.42. The molecule has 0 spiro atoms. The van der Waals surface area contributed by atoms with Crippen LogP contribution in [0.1, 0.15) is 133 Å². The summed E-state index contributed by atoms with van der Waals surface area (Å²) in [4.78, 5) is 45.2. The molecule has 0 saturated carbocycles. The van der Waals surface area contributed by atoms with Gasteiger partial charge in [-0.25, -0.2) is 0 Å². The fourth-order valence-corrected chi connectivity index (χ4v) is 6.75. The van der Waals surface area contributed by atoms with E-state index in [0.717, 1.165) is 44.8 Å². The normalized spacial score (nSPS) is 27.5. The number of hydrogen-bond donors (Lipinski definition) is 5. The van der Waals surface area contributed by atoms with Gasteiger partial charge >= 0.3 is 17.9 Å². The summed E-state index contributed by atoms with van der Waals surface area (Å²) in [5.74, 6) is 0.0974. The molecule has 0 aromatic heterocycles. The average Bonchev–Trinajstić information content (AvgIpc) is 3.17. The summed E-state index contributed by atoms with van der Waals surface area (Å²) < 4.78 is 37.3. The number of carbonyl (C=O) groups is 4. The van der Waals surface area contributed by atoms with Gasteiger partial charge in [-0.15, -0.1) is 19.0 Å². The maximum Gasteiger partial charge on any atom is 0.306 e. The Morgan fingerprint density at radius 1 is 0.597 bits per heavy atom. The second kappa shape index (κ2) is 30.0. The molecule has 0 amide bonds. The average molecular weight is 913 g/mol. The van der Waals surface area contributed by atoms with Gasteiger partial charge in [-0.05, 0) is 131 Å². The highest BCUT2D eigenvalue weighted by Crippen LogP contribution is 2.26. The van der Waals surface area contributed by atoms with Crippen molar-refractivity contribution in [1.29, 1.82) is 0 Å². The number of aliphatic hydroxyl groups is 4. The van der Waals surface area contributed by atoms with Crippen molar-refractivity contribution < 1.29 is 72.8 Å².